The molecule has 3 N–H and O–H groups in total. The predicted octanol–water partition coefficient (Wildman–Crippen LogP) is 5.36. The number of nitrogens with zero attached hydrogens (tertiary/aromatic N) is 2. The van der Waals surface area contributed by atoms with Gasteiger partial charge in [-0.2, -0.15) is 23.4 Å². The third-order valence-electron chi connectivity index (χ3n) is 5.53. The van der Waals surface area contributed by atoms with Crippen molar-refractivity contribution in [3.05, 3.63) is 104 Å². The minimum atomic E-state index is -4.83. The number of hydrogen-bond acceptors (Lipinski definition) is 3. The molecule has 0 saturated heterocycles. The zero-order valence-corrected chi connectivity index (χ0v) is 19.2. The fourth-order valence-corrected chi connectivity index (χ4v) is 3.85. The smallest absolute Gasteiger partial charge is 0.346 e. The number of carbonyl (C=O) groups excluding carboxylic acids is 1. The number of halogens is 5. The average Bonchev–Trinajstić information content (AvgIpc) is 3.42. The van der Waals surface area contributed by atoms with Crippen LogP contribution in [0.5, 0.6) is 0 Å². The number of alkyl halides is 3. The first-order chi connectivity index (χ1) is 16.6. The van der Waals surface area contributed by atoms with Gasteiger partial charge in [-0.05, 0) is 29.7 Å². The normalized spacial score (nSPS) is 11.6. The van der Waals surface area contributed by atoms with E-state index in [-0.39, 0.29) is 29.2 Å². The van der Waals surface area contributed by atoms with Gasteiger partial charge in [0.2, 0.25) is 0 Å². The van der Waals surface area contributed by atoms with Gasteiger partial charge in [0.1, 0.15) is 11.4 Å². The molecule has 182 valence electrons. The highest BCUT2D eigenvalue weighted by atomic mass is 35.5. The highest BCUT2D eigenvalue weighted by molar-refractivity contribution is 6.30. The van der Waals surface area contributed by atoms with Crippen LogP contribution < -0.4 is 5.32 Å². The predicted molar refractivity (Wildman–Crippen MR) is 122 cm³/mol. The Balaban J connectivity index is 1.51. The second-order valence-electron chi connectivity index (χ2n) is 8.02. The minimum Gasteiger partial charge on any atom is -0.346 e. The van der Waals surface area contributed by atoms with Gasteiger partial charge in [-0.15, -0.1) is 0 Å². The van der Waals surface area contributed by atoms with Gasteiger partial charge in [-0.3, -0.25) is 15.0 Å². The molecule has 35 heavy (non-hydrogen) atoms. The molecule has 2 aromatic carbocycles. The Hall–Kier alpha value is -3.66. The van der Waals surface area contributed by atoms with E-state index in [4.69, 9.17) is 11.6 Å². The summed E-state index contributed by atoms with van der Waals surface area (Å²) >= 11 is 5.71. The summed E-state index contributed by atoms with van der Waals surface area (Å²) in [5, 5.41) is 15.0. The van der Waals surface area contributed by atoms with Crippen LogP contribution in [0.3, 0.4) is 0 Å². The maximum Gasteiger partial charge on any atom is 0.420 e. The van der Waals surface area contributed by atoms with Gasteiger partial charge in [0.05, 0.1) is 16.9 Å². The monoisotopic (exact) mass is 505 g/mol. The van der Waals surface area contributed by atoms with E-state index in [0.29, 0.717) is 12.0 Å². The Labute approximate surface area is 202 Å². The van der Waals surface area contributed by atoms with E-state index in [1.165, 1.54) is 18.2 Å². The Bertz CT molecular complexity index is 1340. The lowest BCUT2D eigenvalue weighted by atomic mass is 10.0. The Morgan fingerprint density at radius 2 is 1.69 bits per heavy atom. The number of aromatic nitrogens is 4. The first kappa shape index (κ1) is 24.5. The van der Waals surface area contributed by atoms with Gasteiger partial charge in [0.15, 0.2) is 5.69 Å². The molecule has 0 aliphatic rings. The molecule has 0 bridgehead atoms. The van der Waals surface area contributed by atoms with E-state index in [1.54, 1.807) is 18.3 Å². The van der Waals surface area contributed by atoms with Gasteiger partial charge >= 0.3 is 6.18 Å². The fourth-order valence-electron chi connectivity index (χ4n) is 3.66. The maximum absolute atomic E-state index is 14.0. The second-order valence-corrected chi connectivity index (χ2v) is 8.43. The van der Waals surface area contributed by atoms with Gasteiger partial charge in [-0.1, -0.05) is 48.0 Å². The highest BCUT2D eigenvalue weighted by Crippen LogP contribution is 2.35. The number of aryl methyl sites for hydroxylation is 1. The summed E-state index contributed by atoms with van der Waals surface area (Å²) in [6, 6.07) is 11.3. The maximum atomic E-state index is 14.0. The molecule has 1 amide bonds. The van der Waals surface area contributed by atoms with Crippen LogP contribution in [0, 0.1) is 12.7 Å². The summed E-state index contributed by atoms with van der Waals surface area (Å²) in [5.74, 6) is -1.83. The number of aromatic amines is 2. The zero-order chi connectivity index (χ0) is 25.2. The molecule has 0 saturated carbocycles. The lowest BCUT2D eigenvalue weighted by Crippen LogP contribution is -2.26. The summed E-state index contributed by atoms with van der Waals surface area (Å²) < 4.78 is 55.7. The molecule has 0 aliphatic carbocycles. The number of H-pyrrole nitrogens is 2. The SMILES string of the molecule is Cc1cn[nH]c1Cc1ccc(Cc2[nH]nc(C(=O)NCc3cccc(Cl)c3F)c2C(F)(F)F)cc1. The van der Waals surface area contributed by atoms with Crippen LogP contribution in [0.2, 0.25) is 5.02 Å². The van der Waals surface area contributed by atoms with Crippen LogP contribution in [0.15, 0.2) is 48.7 Å². The Morgan fingerprint density at radius 1 is 1.03 bits per heavy atom. The van der Waals surface area contributed by atoms with Crippen LogP contribution in [0.25, 0.3) is 0 Å². The molecule has 2 aromatic heterocycles. The van der Waals surface area contributed by atoms with Crippen molar-refractivity contribution < 1.29 is 22.4 Å². The van der Waals surface area contributed by atoms with E-state index in [2.05, 4.69) is 25.7 Å². The van der Waals surface area contributed by atoms with Crippen molar-refractivity contribution in [3.8, 4) is 0 Å². The van der Waals surface area contributed by atoms with Crippen molar-refractivity contribution in [3.63, 3.8) is 0 Å². The average molecular weight is 506 g/mol. The lowest BCUT2D eigenvalue weighted by molar-refractivity contribution is -0.138. The Kier molecular flexibility index (Phi) is 6.93. The van der Waals surface area contributed by atoms with Crippen LogP contribution >= 0.6 is 11.6 Å². The topological polar surface area (TPSA) is 86.5 Å². The molecular formula is C24H20ClF4N5O. The van der Waals surface area contributed by atoms with Crippen molar-refractivity contribution in [1.29, 1.82) is 0 Å². The third kappa shape index (κ3) is 5.54. The van der Waals surface area contributed by atoms with E-state index >= 15 is 0 Å². The van der Waals surface area contributed by atoms with Gasteiger partial charge in [-0.25, -0.2) is 4.39 Å². The van der Waals surface area contributed by atoms with Crippen molar-refractivity contribution >= 4 is 17.5 Å². The fraction of sp³-hybridized carbons (Fsp3) is 0.208. The summed E-state index contributed by atoms with van der Waals surface area (Å²) in [4.78, 5) is 12.5. The van der Waals surface area contributed by atoms with Crippen molar-refractivity contribution in [2.75, 3.05) is 0 Å². The number of rotatable bonds is 7. The van der Waals surface area contributed by atoms with E-state index in [9.17, 15) is 22.4 Å². The van der Waals surface area contributed by atoms with E-state index in [0.717, 1.165) is 16.8 Å². The van der Waals surface area contributed by atoms with Crippen LogP contribution in [0.4, 0.5) is 17.6 Å². The first-order valence-electron chi connectivity index (χ1n) is 10.6. The number of hydrogen-bond donors (Lipinski definition) is 3. The number of carbonyl (C=O) groups is 1. The van der Waals surface area contributed by atoms with Gasteiger partial charge in [0.25, 0.3) is 5.91 Å². The molecule has 0 atom stereocenters. The van der Waals surface area contributed by atoms with Gasteiger partial charge < -0.3 is 5.32 Å². The van der Waals surface area contributed by atoms with Crippen molar-refractivity contribution in [1.82, 2.24) is 25.7 Å². The third-order valence-corrected chi connectivity index (χ3v) is 5.82. The summed E-state index contributed by atoms with van der Waals surface area (Å²) in [6.07, 6.45) is -2.60. The second kappa shape index (κ2) is 9.91. The molecule has 2 heterocycles. The molecule has 0 unspecified atom stereocenters. The standard InChI is InChI=1S/C24H20ClF4N5O/c1-13-11-31-32-18(13)9-14-5-7-15(8-6-14)10-19-20(24(27,28)29)22(34-33-19)23(35)30-12-16-3-2-4-17(25)21(16)26/h2-8,11H,9-10,12H2,1H3,(H,30,35)(H,31,32)(H,33,34). The van der Waals surface area contributed by atoms with Crippen LogP contribution in [-0.4, -0.2) is 26.3 Å². The quantitative estimate of drug-likeness (QED) is 0.295. The molecule has 0 radical (unpaired) electrons. The molecule has 4 rings (SSSR count). The van der Waals surface area contributed by atoms with Crippen molar-refractivity contribution in [2.24, 2.45) is 0 Å². The molecule has 11 heteroatoms. The summed E-state index contributed by atoms with van der Waals surface area (Å²) in [5.41, 5.74) is 1.39. The molecule has 6 nitrogen and oxygen atoms in total. The van der Waals surface area contributed by atoms with E-state index in [1.807, 2.05) is 19.1 Å². The molecule has 0 fully saturated rings. The molecule has 4 aromatic rings. The van der Waals surface area contributed by atoms with Crippen LogP contribution in [0.1, 0.15) is 49.7 Å². The van der Waals surface area contributed by atoms with Crippen LogP contribution in [-0.2, 0) is 25.6 Å². The Morgan fingerprint density at radius 3 is 2.29 bits per heavy atom. The number of amides is 1. The highest BCUT2D eigenvalue weighted by Gasteiger charge is 2.40. The minimum absolute atomic E-state index is 0.0422. The molecular weight excluding hydrogens is 486 g/mol. The van der Waals surface area contributed by atoms with E-state index < -0.39 is 29.2 Å². The number of benzene rings is 2. The zero-order valence-electron chi connectivity index (χ0n) is 18.4. The summed E-state index contributed by atoms with van der Waals surface area (Å²) in [6.45, 7) is 1.59. The largest absolute Gasteiger partial charge is 0.420 e. The van der Waals surface area contributed by atoms with Crippen molar-refractivity contribution in [2.45, 2.75) is 32.5 Å². The first-order valence-corrected chi connectivity index (χ1v) is 10.9. The number of nitrogens with one attached hydrogen (secondary N) is 3. The lowest BCUT2D eigenvalue weighted by Gasteiger charge is -2.11. The molecule has 0 aliphatic heterocycles. The molecule has 0 spiro atoms. The van der Waals surface area contributed by atoms with Gasteiger partial charge in [0, 0.05) is 30.6 Å². The summed E-state index contributed by atoms with van der Waals surface area (Å²) in [7, 11) is 0.